The summed E-state index contributed by atoms with van der Waals surface area (Å²) in [7, 11) is 0. The summed E-state index contributed by atoms with van der Waals surface area (Å²) in [5, 5.41) is 6.95. The number of fused-ring (bicyclic) bond motifs is 9. The molecule has 0 spiro atoms. The molecular weight excluding hydrogens is 655 g/mol. The third-order valence-electron chi connectivity index (χ3n) is 10.3. The number of hydrogen-bond donors (Lipinski definition) is 0. The van der Waals surface area contributed by atoms with Crippen LogP contribution >= 0.6 is 11.3 Å². The molecule has 0 atom stereocenters. The average molecular weight is 684 g/mol. The minimum absolute atomic E-state index is 0.854. The van der Waals surface area contributed by atoms with E-state index in [0.29, 0.717) is 0 Å². The van der Waals surface area contributed by atoms with E-state index in [1.807, 2.05) is 23.5 Å². The van der Waals surface area contributed by atoms with Crippen LogP contribution in [0.5, 0.6) is 0 Å². The molecular formula is C48H29NO2S. The van der Waals surface area contributed by atoms with Gasteiger partial charge in [0.25, 0.3) is 0 Å². The molecule has 0 aliphatic heterocycles. The van der Waals surface area contributed by atoms with Crippen molar-refractivity contribution in [3.63, 3.8) is 0 Å². The smallest absolute Gasteiger partial charge is 0.159 e. The summed E-state index contributed by atoms with van der Waals surface area (Å²) in [6, 6.07) is 62.4. The number of para-hydroxylation sites is 3. The molecule has 0 saturated carbocycles. The van der Waals surface area contributed by atoms with Crippen molar-refractivity contribution in [3.8, 4) is 22.3 Å². The van der Waals surface area contributed by atoms with Crippen LogP contribution in [0.3, 0.4) is 0 Å². The van der Waals surface area contributed by atoms with Gasteiger partial charge in [0.1, 0.15) is 16.7 Å². The second-order valence-electron chi connectivity index (χ2n) is 13.2. The minimum atomic E-state index is 0.854. The van der Waals surface area contributed by atoms with Crippen molar-refractivity contribution in [1.29, 1.82) is 0 Å². The molecule has 0 fully saturated rings. The zero-order valence-electron chi connectivity index (χ0n) is 27.9. The molecule has 0 bridgehead atoms. The number of nitrogens with zero attached hydrogens (tertiary/aromatic N) is 1. The molecule has 52 heavy (non-hydrogen) atoms. The molecule has 244 valence electrons. The summed E-state index contributed by atoms with van der Waals surface area (Å²) >= 11 is 1.84. The topological polar surface area (TPSA) is 29.5 Å². The van der Waals surface area contributed by atoms with Crippen LogP contribution in [0, 0.1) is 0 Å². The van der Waals surface area contributed by atoms with Crippen molar-refractivity contribution in [1.82, 2.24) is 0 Å². The Morgan fingerprint density at radius 1 is 0.404 bits per heavy atom. The summed E-state index contributed by atoms with van der Waals surface area (Å²) < 4.78 is 15.8. The zero-order valence-corrected chi connectivity index (χ0v) is 28.7. The fourth-order valence-electron chi connectivity index (χ4n) is 7.97. The highest BCUT2D eigenvalue weighted by Gasteiger charge is 2.24. The molecule has 0 aliphatic carbocycles. The highest BCUT2D eigenvalue weighted by Crippen LogP contribution is 2.49. The molecule has 11 rings (SSSR count). The van der Waals surface area contributed by atoms with Crippen molar-refractivity contribution in [2.75, 3.05) is 4.90 Å². The number of rotatable bonds is 5. The zero-order chi connectivity index (χ0) is 34.2. The average Bonchev–Trinajstić information content (AvgIpc) is 3.91. The number of furan rings is 2. The number of hydrogen-bond acceptors (Lipinski definition) is 4. The largest absolute Gasteiger partial charge is 0.456 e. The lowest BCUT2D eigenvalue weighted by Crippen LogP contribution is -2.10. The van der Waals surface area contributed by atoms with Gasteiger partial charge in [-0.3, -0.25) is 0 Å². The van der Waals surface area contributed by atoms with E-state index in [2.05, 4.69) is 169 Å². The lowest BCUT2D eigenvalue weighted by molar-refractivity contribution is 0.669. The summed E-state index contributed by atoms with van der Waals surface area (Å²) in [6.45, 7) is 0. The Morgan fingerprint density at radius 2 is 1.04 bits per heavy atom. The van der Waals surface area contributed by atoms with Gasteiger partial charge in [-0.05, 0) is 59.2 Å². The van der Waals surface area contributed by atoms with E-state index in [1.54, 1.807) is 0 Å². The highest BCUT2D eigenvalue weighted by molar-refractivity contribution is 7.26. The molecule has 0 radical (unpaired) electrons. The Morgan fingerprint density at radius 3 is 1.94 bits per heavy atom. The van der Waals surface area contributed by atoms with Gasteiger partial charge in [0.15, 0.2) is 5.58 Å². The maximum Gasteiger partial charge on any atom is 0.159 e. The van der Waals surface area contributed by atoms with E-state index in [4.69, 9.17) is 8.83 Å². The first kappa shape index (κ1) is 29.1. The predicted molar refractivity (Wildman–Crippen MR) is 219 cm³/mol. The highest BCUT2D eigenvalue weighted by atomic mass is 32.1. The summed E-state index contributed by atoms with van der Waals surface area (Å²) in [4.78, 5) is 2.39. The monoisotopic (exact) mass is 683 g/mol. The Hall–Kier alpha value is -6.62. The van der Waals surface area contributed by atoms with E-state index in [0.717, 1.165) is 83.2 Å². The lowest BCUT2D eigenvalue weighted by atomic mass is 9.98. The molecule has 0 amide bonds. The summed E-state index contributed by atoms with van der Waals surface area (Å²) in [6.07, 6.45) is 0. The Balaban J connectivity index is 1.19. The van der Waals surface area contributed by atoms with Gasteiger partial charge in [-0.25, -0.2) is 0 Å². The van der Waals surface area contributed by atoms with Crippen molar-refractivity contribution in [2.24, 2.45) is 0 Å². The standard InChI is InChI=1S/C48H29NO2S/c1-2-13-30(14-3-1)34-20-9-21-36-37-22-10-24-40(47(37)51-46(34)36)49(41-25-11-23-38-35-17-5-7-28-44(35)52-48(38)41)32-16-8-15-31(29-32)33-19-12-27-43-45(33)39-18-4-6-26-42(39)50-43/h1-29H. The first-order chi connectivity index (χ1) is 25.8. The molecule has 0 unspecified atom stereocenters. The quantitative estimate of drug-likeness (QED) is 0.181. The molecule has 3 heterocycles. The predicted octanol–water partition coefficient (Wildman–Crippen LogP) is 14.7. The van der Waals surface area contributed by atoms with Gasteiger partial charge in [0.05, 0.1) is 16.1 Å². The molecule has 3 aromatic heterocycles. The van der Waals surface area contributed by atoms with Gasteiger partial charge in [-0.15, -0.1) is 11.3 Å². The van der Waals surface area contributed by atoms with Crippen LogP contribution in [0.4, 0.5) is 17.1 Å². The van der Waals surface area contributed by atoms with Crippen LogP contribution in [0.15, 0.2) is 185 Å². The van der Waals surface area contributed by atoms with Crippen molar-refractivity contribution in [2.45, 2.75) is 0 Å². The van der Waals surface area contributed by atoms with E-state index >= 15 is 0 Å². The van der Waals surface area contributed by atoms with Crippen LogP contribution in [0.25, 0.3) is 86.3 Å². The molecule has 0 saturated heterocycles. The van der Waals surface area contributed by atoms with Crippen LogP contribution in [0.1, 0.15) is 0 Å². The molecule has 0 aliphatic rings. The van der Waals surface area contributed by atoms with Gasteiger partial charge < -0.3 is 13.7 Å². The molecule has 4 heteroatoms. The van der Waals surface area contributed by atoms with Crippen LogP contribution in [-0.2, 0) is 0 Å². The van der Waals surface area contributed by atoms with Gasteiger partial charge in [0, 0.05) is 48.3 Å². The molecule has 0 N–H and O–H groups in total. The van der Waals surface area contributed by atoms with E-state index < -0.39 is 0 Å². The van der Waals surface area contributed by atoms with Gasteiger partial charge >= 0.3 is 0 Å². The molecule has 8 aromatic carbocycles. The maximum atomic E-state index is 7.02. The van der Waals surface area contributed by atoms with Crippen LogP contribution < -0.4 is 4.90 Å². The fourth-order valence-corrected chi connectivity index (χ4v) is 9.18. The maximum absolute atomic E-state index is 7.02. The van der Waals surface area contributed by atoms with E-state index in [1.165, 1.54) is 20.2 Å². The lowest BCUT2D eigenvalue weighted by Gasteiger charge is -2.26. The fraction of sp³-hybridized carbons (Fsp3) is 0. The van der Waals surface area contributed by atoms with E-state index in [9.17, 15) is 0 Å². The van der Waals surface area contributed by atoms with Gasteiger partial charge in [-0.1, -0.05) is 133 Å². The number of thiophene rings is 1. The normalized spacial score (nSPS) is 11.8. The number of benzene rings is 8. The van der Waals surface area contributed by atoms with Crippen molar-refractivity contribution < 1.29 is 8.83 Å². The van der Waals surface area contributed by atoms with Crippen molar-refractivity contribution in [3.05, 3.63) is 176 Å². The summed E-state index contributed by atoms with van der Waals surface area (Å²) in [5.41, 5.74) is 11.1. The Kier molecular flexibility index (Phi) is 6.42. The Labute approximate surface area is 303 Å². The first-order valence-electron chi connectivity index (χ1n) is 17.5. The van der Waals surface area contributed by atoms with E-state index in [-0.39, 0.29) is 0 Å². The van der Waals surface area contributed by atoms with Gasteiger partial charge in [-0.2, -0.15) is 0 Å². The SMILES string of the molecule is c1ccc(-c2cccc3c2oc2c(N(c4cccc(-c5cccc6oc7ccccc7c56)c4)c4cccc5c4sc4ccccc45)cccc23)cc1. The third kappa shape index (κ3) is 4.38. The van der Waals surface area contributed by atoms with Crippen LogP contribution in [-0.4, -0.2) is 0 Å². The second-order valence-corrected chi connectivity index (χ2v) is 14.3. The van der Waals surface area contributed by atoms with Crippen LogP contribution in [0.2, 0.25) is 0 Å². The minimum Gasteiger partial charge on any atom is -0.456 e. The Bertz CT molecular complexity index is 3150. The second kappa shape index (κ2) is 11.5. The first-order valence-corrected chi connectivity index (χ1v) is 18.3. The third-order valence-corrected chi connectivity index (χ3v) is 11.5. The van der Waals surface area contributed by atoms with Gasteiger partial charge in [0.2, 0.25) is 0 Å². The molecule has 11 aromatic rings. The number of anilines is 3. The van der Waals surface area contributed by atoms with Crippen molar-refractivity contribution >= 4 is 92.4 Å². The molecule has 3 nitrogen and oxygen atoms in total. The summed E-state index contributed by atoms with van der Waals surface area (Å²) in [5.74, 6) is 0.